The summed E-state index contributed by atoms with van der Waals surface area (Å²) in [5, 5.41) is 12.2. The van der Waals surface area contributed by atoms with Gasteiger partial charge in [0.05, 0.1) is 20.5 Å². The van der Waals surface area contributed by atoms with Crippen molar-refractivity contribution in [2.24, 2.45) is 0 Å². The van der Waals surface area contributed by atoms with E-state index in [1.165, 1.54) is 30.3 Å². The molecule has 3 aromatic rings. The van der Waals surface area contributed by atoms with Crippen LogP contribution in [-0.4, -0.2) is 48.8 Å². The van der Waals surface area contributed by atoms with Crippen LogP contribution in [0.3, 0.4) is 0 Å². The van der Waals surface area contributed by atoms with E-state index in [0.29, 0.717) is 16.4 Å². The van der Waals surface area contributed by atoms with E-state index in [1.807, 2.05) is 0 Å². The second-order valence-electron chi connectivity index (χ2n) is 8.43. The predicted molar refractivity (Wildman–Crippen MR) is 143 cm³/mol. The van der Waals surface area contributed by atoms with Gasteiger partial charge in [-0.3, -0.25) is 9.36 Å². The molecule has 8 nitrogen and oxygen atoms in total. The molecule has 0 spiro atoms. The molecular weight excluding hydrogens is 560 g/mol. The minimum Gasteiger partial charge on any atom is -0.480 e. The number of hydrogen-bond donors (Lipinski definition) is 3. The largest absolute Gasteiger partial charge is 0.480 e. The average Bonchev–Trinajstić information content (AvgIpc) is 2.82. The number of carboxylic acids is 1. The van der Waals surface area contributed by atoms with E-state index in [4.69, 9.17) is 23.2 Å². The number of aliphatic carboxylic acids is 1. The lowest BCUT2D eigenvalue weighted by molar-refractivity contribution is -0.139. The van der Waals surface area contributed by atoms with E-state index < -0.39 is 35.1 Å². The van der Waals surface area contributed by atoms with E-state index in [1.54, 1.807) is 36.4 Å². The molecule has 12 heteroatoms. The van der Waals surface area contributed by atoms with E-state index in [2.05, 4.69) is 5.32 Å². The minimum absolute atomic E-state index is 0.0295. The molecule has 2 unspecified atom stereocenters. The monoisotopic (exact) mass is 583 g/mol. The Morgan fingerprint density at radius 2 is 1.59 bits per heavy atom. The Hall–Kier alpha value is -2.68. The number of amides is 1. The number of hydrogen-bond acceptors (Lipinski definition) is 5. The molecule has 3 aromatic carbocycles. The maximum atomic E-state index is 12.9. The Morgan fingerprint density at radius 1 is 0.973 bits per heavy atom. The van der Waals surface area contributed by atoms with E-state index in [9.17, 15) is 32.6 Å². The fraction of sp³-hybridized carbons (Fsp3) is 0.200. The lowest BCUT2D eigenvalue weighted by Gasteiger charge is -2.17. The molecule has 37 heavy (non-hydrogen) atoms. The number of carbonyl (C=O) groups excluding carboxylic acids is 1. The second-order valence-corrected chi connectivity index (χ2v) is 13.6. The van der Waals surface area contributed by atoms with Gasteiger partial charge >= 0.3 is 5.97 Å². The molecule has 0 aliphatic heterocycles. The zero-order chi connectivity index (χ0) is 27.4. The van der Waals surface area contributed by atoms with Crippen molar-refractivity contribution < 1.29 is 32.6 Å². The van der Waals surface area contributed by atoms with Crippen LogP contribution in [0.2, 0.25) is 10.0 Å². The molecule has 0 saturated carbocycles. The number of carboxylic acid groups (broad SMARTS) is 1. The summed E-state index contributed by atoms with van der Waals surface area (Å²) in [6, 6.07) is 15.5. The van der Waals surface area contributed by atoms with Crippen LogP contribution in [0.25, 0.3) is 0 Å². The molecule has 3 rings (SSSR count). The zero-order valence-corrected chi connectivity index (χ0v) is 22.8. The van der Waals surface area contributed by atoms with Crippen molar-refractivity contribution in [3.8, 4) is 0 Å². The molecule has 0 fully saturated rings. The summed E-state index contributed by atoms with van der Waals surface area (Å²) in [7, 11) is -7.11. The van der Waals surface area contributed by atoms with E-state index in [-0.39, 0.29) is 39.5 Å². The van der Waals surface area contributed by atoms with Crippen molar-refractivity contribution in [1.82, 2.24) is 5.32 Å². The number of halogens is 2. The van der Waals surface area contributed by atoms with Crippen LogP contribution in [0.5, 0.6) is 0 Å². The molecule has 0 aliphatic rings. The summed E-state index contributed by atoms with van der Waals surface area (Å²) in [6.45, 7) is 0. The van der Waals surface area contributed by atoms with E-state index >= 15 is 0 Å². The standard InChI is InChI=1S/C25H24Cl2NO7PS/c1-37(34,35)19-9-5-6-16(12-19)15-22(25(30)31)28-24(29)23-20(26)13-17(14-21(23)27)10-11-36(32,33)18-7-3-2-4-8-18/h2-9,12-14,22H,10-11,15H2,1H3,(H,28,29)(H,30,31)(H,32,33). The van der Waals surface area contributed by atoms with Crippen molar-refractivity contribution in [3.05, 3.63) is 93.5 Å². The highest BCUT2D eigenvalue weighted by Gasteiger charge is 2.26. The first-order chi connectivity index (χ1) is 17.3. The van der Waals surface area contributed by atoms with Crippen molar-refractivity contribution in [2.75, 3.05) is 12.4 Å². The first kappa shape index (κ1) is 28.9. The first-order valence-corrected chi connectivity index (χ1v) is 15.4. The lowest BCUT2D eigenvalue weighted by atomic mass is 10.0. The average molecular weight is 584 g/mol. The second kappa shape index (κ2) is 11.8. The Labute approximate surface area is 224 Å². The Kier molecular flexibility index (Phi) is 9.21. The van der Waals surface area contributed by atoms with Crippen LogP contribution < -0.4 is 10.6 Å². The van der Waals surface area contributed by atoms with Crippen LogP contribution in [0.15, 0.2) is 71.6 Å². The maximum Gasteiger partial charge on any atom is 0.326 e. The first-order valence-electron chi connectivity index (χ1n) is 11.0. The number of carbonyl (C=O) groups is 2. The highest BCUT2D eigenvalue weighted by molar-refractivity contribution is 7.90. The van der Waals surface area contributed by atoms with Crippen LogP contribution in [-0.2, 0) is 32.0 Å². The number of benzene rings is 3. The Morgan fingerprint density at radius 3 is 2.16 bits per heavy atom. The van der Waals surface area contributed by atoms with Crippen LogP contribution in [0, 0.1) is 0 Å². The fourth-order valence-corrected chi connectivity index (χ4v) is 6.48. The summed E-state index contributed by atoms with van der Waals surface area (Å²) in [5.74, 6) is -2.16. The number of sulfone groups is 1. The van der Waals surface area contributed by atoms with Gasteiger partial charge in [0.15, 0.2) is 9.84 Å². The number of aryl methyl sites for hydroxylation is 1. The minimum atomic E-state index is -3.62. The zero-order valence-electron chi connectivity index (χ0n) is 19.6. The molecule has 0 bridgehead atoms. The van der Waals surface area contributed by atoms with E-state index in [0.717, 1.165) is 6.26 Å². The Bertz CT molecular complexity index is 1460. The van der Waals surface area contributed by atoms with Gasteiger partial charge in [-0.1, -0.05) is 53.5 Å². The molecule has 1 amide bonds. The topological polar surface area (TPSA) is 138 Å². The molecule has 0 aliphatic carbocycles. The normalized spacial score (nSPS) is 13.9. The van der Waals surface area contributed by atoms with Gasteiger partial charge in [-0.15, -0.1) is 0 Å². The maximum absolute atomic E-state index is 12.9. The summed E-state index contributed by atoms with van der Waals surface area (Å²) in [5.41, 5.74) is 0.789. The molecule has 3 N–H and O–H groups in total. The van der Waals surface area contributed by atoms with Gasteiger partial charge in [-0.05, 0) is 53.9 Å². The highest BCUT2D eigenvalue weighted by atomic mass is 35.5. The molecule has 0 radical (unpaired) electrons. The summed E-state index contributed by atoms with van der Waals surface area (Å²) >= 11 is 12.6. The van der Waals surface area contributed by atoms with Crippen LogP contribution in [0.4, 0.5) is 0 Å². The number of nitrogens with one attached hydrogen (secondary N) is 1. The van der Waals surface area contributed by atoms with Crippen LogP contribution >= 0.6 is 30.6 Å². The highest BCUT2D eigenvalue weighted by Crippen LogP contribution is 2.40. The third-order valence-electron chi connectivity index (χ3n) is 5.56. The van der Waals surface area contributed by atoms with Gasteiger partial charge in [-0.25, -0.2) is 13.2 Å². The fourth-order valence-electron chi connectivity index (χ4n) is 3.63. The smallest absolute Gasteiger partial charge is 0.326 e. The summed E-state index contributed by atoms with van der Waals surface area (Å²) < 4.78 is 36.3. The SMILES string of the molecule is CS(=O)(=O)c1cccc(CC(NC(=O)c2c(Cl)cc(CCP(=O)(O)c3ccccc3)cc2Cl)C(=O)O)c1. The predicted octanol–water partition coefficient (Wildman–Crippen LogP) is 3.96. The van der Waals surface area contributed by atoms with Crippen molar-refractivity contribution in [1.29, 1.82) is 0 Å². The third-order valence-corrected chi connectivity index (χ3v) is 9.20. The molecule has 0 aromatic heterocycles. The van der Waals surface area contributed by atoms with Gasteiger partial charge in [0.1, 0.15) is 6.04 Å². The van der Waals surface area contributed by atoms with Crippen molar-refractivity contribution in [3.63, 3.8) is 0 Å². The Balaban J connectivity index is 1.75. The summed E-state index contributed by atoms with van der Waals surface area (Å²) in [6.07, 6.45) is 0.960. The molecule has 0 saturated heterocycles. The van der Waals surface area contributed by atoms with Gasteiger partial charge in [0.25, 0.3) is 5.91 Å². The molecule has 2 atom stereocenters. The van der Waals surface area contributed by atoms with Gasteiger partial charge in [0.2, 0.25) is 7.37 Å². The van der Waals surface area contributed by atoms with Gasteiger partial charge < -0.3 is 15.3 Å². The van der Waals surface area contributed by atoms with Crippen molar-refractivity contribution >= 4 is 57.6 Å². The van der Waals surface area contributed by atoms with Crippen molar-refractivity contribution in [2.45, 2.75) is 23.8 Å². The molecule has 196 valence electrons. The van der Waals surface area contributed by atoms with Gasteiger partial charge in [0, 0.05) is 24.1 Å². The van der Waals surface area contributed by atoms with Crippen LogP contribution in [0.1, 0.15) is 21.5 Å². The molecular formula is C25H24Cl2NO7PS. The molecule has 0 heterocycles. The van der Waals surface area contributed by atoms with Gasteiger partial charge in [-0.2, -0.15) is 0 Å². The third kappa shape index (κ3) is 7.66. The quantitative estimate of drug-likeness (QED) is 0.307. The lowest BCUT2D eigenvalue weighted by Crippen LogP contribution is -2.42. The summed E-state index contributed by atoms with van der Waals surface area (Å²) in [4.78, 5) is 35.2. The number of rotatable bonds is 10.